The second kappa shape index (κ2) is 7.20. The number of fused-ring (bicyclic) bond motifs is 1. The van der Waals surface area contributed by atoms with Gasteiger partial charge in [0.2, 0.25) is 5.95 Å². The van der Waals surface area contributed by atoms with Crippen molar-refractivity contribution in [3.63, 3.8) is 0 Å². The molecule has 4 aromatic heterocycles. The van der Waals surface area contributed by atoms with Crippen LogP contribution in [0.3, 0.4) is 0 Å². The highest BCUT2D eigenvalue weighted by atomic mass is 19.1. The molecule has 0 spiro atoms. The molecule has 0 saturated carbocycles. The van der Waals surface area contributed by atoms with Gasteiger partial charge in [-0.05, 0) is 30.7 Å². The molecule has 1 atom stereocenters. The number of halogens is 1. The number of nitrogens with one attached hydrogen (secondary N) is 1. The summed E-state index contributed by atoms with van der Waals surface area (Å²) in [6.07, 6.45) is 6.94. The van der Waals surface area contributed by atoms with Crippen LogP contribution in [-0.4, -0.2) is 39.8 Å². The number of hydrogen-bond donors (Lipinski definition) is 3. The lowest BCUT2D eigenvalue weighted by molar-refractivity contribution is 0.0971. The molecule has 32 heavy (non-hydrogen) atoms. The van der Waals surface area contributed by atoms with Crippen molar-refractivity contribution in [2.75, 3.05) is 5.73 Å². The lowest BCUT2D eigenvalue weighted by atomic mass is 9.91. The number of nitrogens with two attached hydrogens (primary N) is 1. The van der Waals surface area contributed by atoms with E-state index < -0.39 is 11.4 Å². The number of H-pyrrole nitrogens is 1. The highest BCUT2D eigenvalue weighted by Crippen LogP contribution is 2.33. The molecule has 4 heterocycles. The molecule has 0 amide bonds. The van der Waals surface area contributed by atoms with Gasteiger partial charge in [-0.1, -0.05) is 12.1 Å². The second-order valence-electron chi connectivity index (χ2n) is 7.64. The summed E-state index contributed by atoms with van der Waals surface area (Å²) < 4.78 is 15.4. The molecule has 0 aliphatic rings. The van der Waals surface area contributed by atoms with Crippen LogP contribution in [0.1, 0.15) is 18.2 Å². The monoisotopic (exact) mass is 430 g/mol. The predicted octanol–water partition coefficient (Wildman–Crippen LogP) is 2.79. The molecule has 0 saturated heterocycles. The van der Waals surface area contributed by atoms with E-state index in [1.807, 2.05) is 13.2 Å². The number of aliphatic hydroxyl groups is 1. The van der Waals surface area contributed by atoms with E-state index in [1.165, 1.54) is 25.1 Å². The molecule has 0 radical (unpaired) electrons. The van der Waals surface area contributed by atoms with E-state index in [0.29, 0.717) is 33.7 Å². The first-order chi connectivity index (χ1) is 15.3. The van der Waals surface area contributed by atoms with Crippen molar-refractivity contribution in [1.29, 1.82) is 0 Å². The summed E-state index contributed by atoms with van der Waals surface area (Å²) in [5, 5.41) is 15.4. The first-order valence-corrected chi connectivity index (χ1v) is 9.78. The molecule has 1 unspecified atom stereocenters. The summed E-state index contributed by atoms with van der Waals surface area (Å²) in [7, 11) is 1.83. The molecular formula is C22H19FN8O. The first-order valence-electron chi connectivity index (χ1n) is 9.78. The molecule has 0 aliphatic carbocycles. The normalized spacial score (nSPS) is 13.4. The molecular weight excluding hydrogens is 411 g/mol. The average molecular weight is 430 g/mol. The Morgan fingerprint density at radius 1 is 1.12 bits per heavy atom. The smallest absolute Gasteiger partial charge is 0.220 e. The number of anilines is 1. The Bertz CT molecular complexity index is 1460. The molecule has 5 aromatic rings. The Balaban J connectivity index is 1.63. The Kier molecular flexibility index (Phi) is 4.45. The Hall–Kier alpha value is -4.18. The SMILES string of the molecule is Cn1cc(-c2cnc3[nH]cc(-c4cc(C(C)(O)c5cccc(F)c5)nc(N)n4)c3n2)cn1. The van der Waals surface area contributed by atoms with E-state index in [0.717, 1.165) is 5.56 Å². The number of hydrogen-bond acceptors (Lipinski definition) is 7. The van der Waals surface area contributed by atoms with E-state index in [-0.39, 0.29) is 11.6 Å². The van der Waals surface area contributed by atoms with E-state index in [1.54, 1.807) is 35.4 Å². The standard InChI is InChI=1S/C22H19FN8O/c1-22(32,13-4-3-5-14(23)6-13)18-7-16(29-21(24)30-18)15-9-25-20-19(15)28-17(10-26-20)12-8-27-31(2)11-12/h3-11,32H,1-2H3,(H,25,26)(H2,24,29,30). The maximum Gasteiger partial charge on any atom is 0.220 e. The van der Waals surface area contributed by atoms with Gasteiger partial charge in [-0.2, -0.15) is 5.10 Å². The van der Waals surface area contributed by atoms with Crippen LogP contribution in [0.5, 0.6) is 0 Å². The first kappa shape index (κ1) is 19.8. The Morgan fingerprint density at radius 2 is 1.97 bits per heavy atom. The topological polar surface area (TPSA) is 131 Å². The van der Waals surface area contributed by atoms with Crippen molar-refractivity contribution >= 4 is 17.1 Å². The molecule has 10 heteroatoms. The van der Waals surface area contributed by atoms with Crippen molar-refractivity contribution in [1.82, 2.24) is 34.7 Å². The van der Waals surface area contributed by atoms with Crippen molar-refractivity contribution in [3.8, 4) is 22.5 Å². The number of aryl methyl sites for hydroxylation is 1. The van der Waals surface area contributed by atoms with Gasteiger partial charge in [0, 0.05) is 30.6 Å². The molecule has 5 rings (SSSR count). The fourth-order valence-corrected chi connectivity index (χ4v) is 3.57. The van der Waals surface area contributed by atoms with Crippen molar-refractivity contribution in [2.45, 2.75) is 12.5 Å². The summed E-state index contributed by atoms with van der Waals surface area (Å²) in [5.41, 5.74) is 8.69. The maximum absolute atomic E-state index is 13.8. The number of aromatic amines is 1. The van der Waals surface area contributed by atoms with Gasteiger partial charge in [-0.15, -0.1) is 0 Å². The fourth-order valence-electron chi connectivity index (χ4n) is 3.57. The van der Waals surface area contributed by atoms with E-state index in [9.17, 15) is 9.50 Å². The van der Waals surface area contributed by atoms with Gasteiger partial charge in [-0.3, -0.25) is 4.68 Å². The fraction of sp³-hybridized carbons (Fsp3) is 0.136. The second-order valence-corrected chi connectivity index (χ2v) is 7.64. The average Bonchev–Trinajstić information content (AvgIpc) is 3.39. The van der Waals surface area contributed by atoms with E-state index >= 15 is 0 Å². The molecule has 1 aromatic carbocycles. The minimum atomic E-state index is -1.59. The third-order valence-electron chi connectivity index (χ3n) is 5.29. The van der Waals surface area contributed by atoms with Crippen LogP contribution in [0.15, 0.2) is 55.1 Å². The lowest BCUT2D eigenvalue weighted by Gasteiger charge is -2.24. The van der Waals surface area contributed by atoms with Gasteiger partial charge in [0.1, 0.15) is 16.9 Å². The summed E-state index contributed by atoms with van der Waals surface area (Å²) in [4.78, 5) is 20.8. The number of aromatic nitrogens is 7. The highest BCUT2D eigenvalue weighted by molar-refractivity contribution is 5.90. The largest absolute Gasteiger partial charge is 0.379 e. The zero-order chi connectivity index (χ0) is 22.5. The van der Waals surface area contributed by atoms with Crippen LogP contribution >= 0.6 is 0 Å². The number of rotatable bonds is 4. The quantitative estimate of drug-likeness (QED) is 0.399. The summed E-state index contributed by atoms with van der Waals surface area (Å²) in [6.45, 7) is 1.53. The highest BCUT2D eigenvalue weighted by Gasteiger charge is 2.29. The van der Waals surface area contributed by atoms with Crippen LogP contribution in [-0.2, 0) is 12.6 Å². The predicted molar refractivity (Wildman–Crippen MR) is 117 cm³/mol. The van der Waals surface area contributed by atoms with Crippen LogP contribution in [0.4, 0.5) is 10.3 Å². The molecule has 0 aliphatic heterocycles. The molecule has 4 N–H and O–H groups in total. The molecule has 9 nitrogen and oxygen atoms in total. The Morgan fingerprint density at radius 3 is 2.72 bits per heavy atom. The summed E-state index contributed by atoms with van der Waals surface area (Å²) >= 11 is 0. The maximum atomic E-state index is 13.8. The van der Waals surface area contributed by atoms with E-state index in [4.69, 9.17) is 10.7 Å². The van der Waals surface area contributed by atoms with Crippen molar-refractivity contribution < 1.29 is 9.50 Å². The summed E-state index contributed by atoms with van der Waals surface area (Å²) in [5.74, 6) is -0.486. The molecule has 0 fully saturated rings. The third-order valence-corrected chi connectivity index (χ3v) is 5.29. The van der Waals surface area contributed by atoms with Crippen molar-refractivity contribution in [2.24, 2.45) is 7.05 Å². The van der Waals surface area contributed by atoms with Crippen LogP contribution < -0.4 is 5.73 Å². The summed E-state index contributed by atoms with van der Waals surface area (Å²) in [6, 6.07) is 7.33. The molecule has 0 bridgehead atoms. The lowest BCUT2D eigenvalue weighted by Crippen LogP contribution is -2.25. The zero-order valence-corrected chi connectivity index (χ0v) is 17.3. The minimum absolute atomic E-state index is 0.0279. The van der Waals surface area contributed by atoms with Gasteiger partial charge in [0.25, 0.3) is 0 Å². The third kappa shape index (κ3) is 3.36. The number of nitrogen functional groups attached to an aromatic ring is 1. The number of benzene rings is 1. The van der Waals surface area contributed by atoms with Crippen LogP contribution in [0.25, 0.3) is 33.7 Å². The molecule has 160 valence electrons. The van der Waals surface area contributed by atoms with Gasteiger partial charge >= 0.3 is 0 Å². The van der Waals surface area contributed by atoms with Gasteiger partial charge in [0.15, 0.2) is 5.65 Å². The number of nitrogens with zero attached hydrogens (tertiary/aromatic N) is 6. The zero-order valence-electron chi connectivity index (χ0n) is 17.3. The van der Waals surface area contributed by atoms with Gasteiger partial charge in [-0.25, -0.2) is 24.3 Å². The van der Waals surface area contributed by atoms with E-state index in [2.05, 4.69) is 25.0 Å². The Labute approximate surface area is 181 Å². The van der Waals surface area contributed by atoms with Crippen LogP contribution in [0, 0.1) is 5.82 Å². The van der Waals surface area contributed by atoms with Crippen molar-refractivity contribution in [3.05, 3.63) is 72.2 Å². The van der Waals surface area contributed by atoms with Crippen LogP contribution in [0.2, 0.25) is 0 Å². The van der Waals surface area contributed by atoms with Gasteiger partial charge in [0.05, 0.1) is 29.5 Å². The van der Waals surface area contributed by atoms with Gasteiger partial charge < -0.3 is 15.8 Å². The minimum Gasteiger partial charge on any atom is -0.379 e.